The van der Waals surface area contributed by atoms with Crippen molar-refractivity contribution in [2.75, 3.05) is 13.1 Å². The lowest BCUT2D eigenvalue weighted by Gasteiger charge is -2.37. The Kier molecular flexibility index (Phi) is 4.19. The third kappa shape index (κ3) is 3.01. The number of rotatable bonds is 3. The van der Waals surface area contributed by atoms with Crippen LogP contribution in [0, 0.1) is 6.92 Å². The SMILES string of the molecule is Cc1cccc(C(=O)N2C[C@@H]3[C@@H](C2)n2cccc2C(=O)N3Cc2ccccn2)c1. The van der Waals surface area contributed by atoms with Crippen LogP contribution in [0.2, 0.25) is 0 Å². The average molecular weight is 386 g/mol. The van der Waals surface area contributed by atoms with Gasteiger partial charge >= 0.3 is 0 Å². The van der Waals surface area contributed by atoms with E-state index in [1.165, 1.54) is 0 Å². The van der Waals surface area contributed by atoms with Crippen LogP contribution < -0.4 is 0 Å². The van der Waals surface area contributed by atoms with Crippen LogP contribution in [0.5, 0.6) is 0 Å². The molecule has 1 saturated heterocycles. The average Bonchev–Trinajstić information content (AvgIpc) is 3.39. The summed E-state index contributed by atoms with van der Waals surface area (Å²) >= 11 is 0. The number of carbonyl (C=O) groups excluding carboxylic acids is 2. The summed E-state index contributed by atoms with van der Waals surface area (Å²) in [6, 6.07) is 17.1. The molecule has 0 unspecified atom stereocenters. The molecule has 0 aliphatic carbocycles. The monoisotopic (exact) mass is 386 g/mol. The summed E-state index contributed by atoms with van der Waals surface area (Å²) in [5, 5.41) is 0. The lowest BCUT2D eigenvalue weighted by Crippen LogP contribution is -2.50. The van der Waals surface area contributed by atoms with E-state index in [0.717, 1.165) is 11.3 Å². The number of aromatic nitrogens is 2. The third-order valence-electron chi connectivity index (χ3n) is 5.89. The van der Waals surface area contributed by atoms with E-state index in [2.05, 4.69) is 4.98 Å². The number of fused-ring (bicyclic) bond motifs is 3. The van der Waals surface area contributed by atoms with Crippen molar-refractivity contribution >= 4 is 11.8 Å². The topological polar surface area (TPSA) is 58.4 Å². The first-order valence-corrected chi connectivity index (χ1v) is 9.85. The van der Waals surface area contributed by atoms with Crippen LogP contribution >= 0.6 is 0 Å². The lowest BCUT2D eigenvalue weighted by molar-refractivity contribution is 0.0547. The van der Waals surface area contributed by atoms with Crippen LogP contribution in [-0.2, 0) is 6.54 Å². The van der Waals surface area contributed by atoms with E-state index in [0.29, 0.717) is 30.9 Å². The van der Waals surface area contributed by atoms with Crippen molar-refractivity contribution < 1.29 is 9.59 Å². The van der Waals surface area contributed by atoms with E-state index >= 15 is 0 Å². The first kappa shape index (κ1) is 17.7. The van der Waals surface area contributed by atoms with Crippen LogP contribution in [0.3, 0.4) is 0 Å². The fraction of sp³-hybridized carbons (Fsp3) is 0.261. The number of likely N-dealkylation sites (tertiary alicyclic amines) is 1. The highest BCUT2D eigenvalue weighted by Crippen LogP contribution is 2.35. The second-order valence-electron chi connectivity index (χ2n) is 7.77. The Bertz CT molecular complexity index is 1080. The fourth-order valence-corrected chi connectivity index (χ4v) is 4.49. The van der Waals surface area contributed by atoms with Crippen LogP contribution in [-0.4, -0.2) is 50.3 Å². The molecule has 2 amide bonds. The van der Waals surface area contributed by atoms with E-state index in [9.17, 15) is 9.59 Å². The van der Waals surface area contributed by atoms with Gasteiger partial charge in [0.25, 0.3) is 11.8 Å². The Morgan fingerprint density at radius 2 is 1.93 bits per heavy atom. The summed E-state index contributed by atoms with van der Waals surface area (Å²) in [6.45, 7) is 3.54. The summed E-state index contributed by atoms with van der Waals surface area (Å²) in [6.07, 6.45) is 3.69. The molecule has 6 heteroatoms. The standard InChI is InChI=1S/C23H22N4O2/c1-16-6-4-7-17(12-16)22(28)25-14-20-21(15-25)27(13-18-8-2-3-10-24-18)23(29)19-9-5-11-26(19)20/h2-12,20-21H,13-15H2,1H3/t20-,21-/m1/s1. The minimum absolute atomic E-state index is 0.00763. The van der Waals surface area contributed by atoms with Gasteiger partial charge in [-0.1, -0.05) is 23.8 Å². The molecule has 146 valence electrons. The van der Waals surface area contributed by atoms with Crippen molar-refractivity contribution in [1.29, 1.82) is 0 Å². The smallest absolute Gasteiger partial charge is 0.271 e. The molecule has 2 atom stereocenters. The molecule has 2 aromatic heterocycles. The van der Waals surface area contributed by atoms with Gasteiger partial charge in [-0.25, -0.2) is 0 Å². The van der Waals surface area contributed by atoms with E-state index in [-0.39, 0.29) is 23.9 Å². The summed E-state index contributed by atoms with van der Waals surface area (Å²) in [5.41, 5.74) is 3.28. The maximum Gasteiger partial charge on any atom is 0.271 e. The van der Waals surface area contributed by atoms with Gasteiger partial charge in [-0.15, -0.1) is 0 Å². The second kappa shape index (κ2) is 6.88. The minimum Gasteiger partial charge on any atom is -0.337 e. The molecule has 2 aliphatic heterocycles. The first-order valence-electron chi connectivity index (χ1n) is 9.85. The first-order chi connectivity index (χ1) is 14.1. The van der Waals surface area contributed by atoms with Gasteiger partial charge in [-0.2, -0.15) is 0 Å². The molecule has 29 heavy (non-hydrogen) atoms. The summed E-state index contributed by atoms with van der Waals surface area (Å²) < 4.78 is 2.03. The molecule has 6 nitrogen and oxygen atoms in total. The van der Waals surface area contributed by atoms with E-state index in [4.69, 9.17) is 0 Å². The number of hydrogen-bond acceptors (Lipinski definition) is 3. The predicted molar refractivity (Wildman–Crippen MR) is 108 cm³/mol. The number of benzene rings is 1. The molecule has 2 aliphatic rings. The molecule has 3 aromatic rings. The normalized spacial score (nSPS) is 20.5. The molecule has 0 N–H and O–H groups in total. The quantitative estimate of drug-likeness (QED) is 0.695. The number of nitrogens with zero attached hydrogens (tertiary/aromatic N) is 4. The van der Waals surface area contributed by atoms with E-state index in [1.54, 1.807) is 6.20 Å². The van der Waals surface area contributed by atoms with E-state index in [1.807, 2.05) is 82.1 Å². The number of aryl methyl sites for hydroxylation is 1. The zero-order valence-electron chi connectivity index (χ0n) is 16.2. The predicted octanol–water partition coefficient (Wildman–Crippen LogP) is 2.91. The highest BCUT2D eigenvalue weighted by molar-refractivity contribution is 5.96. The molecule has 0 saturated carbocycles. The van der Waals surface area contributed by atoms with Gasteiger partial charge in [-0.05, 0) is 43.3 Å². The highest BCUT2D eigenvalue weighted by Gasteiger charge is 2.46. The van der Waals surface area contributed by atoms with Crippen LogP contribution in [0.4, 0.5) is 0 Å². The Labute approximate surface area is 169 Å². The largest absolute Gasteiger partial charge is 0.337 e. The Hall–Kier alpha value is -3.41. The van der Waals surface area contributed by atoms with Crippen molar-refractivity contribution in [2.45, 2.75) is 25.6 Å². The maximum atomic E-state index is 13.2. The molecule has 1 aromatic carbocycles. The minimum atomic E-state index is -0.0711. The van der Waals surface area contributed by atoms with Crippen molar-refractivity contribution in [3.8, 4) is 0 Å². The highest BCUT2D eigenvalue weighted by atomic mass is 16.2. The Balaban J connectivity index is 1.47. The van der Waals surface area contributed by atoms with Gasteiger partial charge in [0.05, 0.1) is 24.3 Å². The van der Waals surface area contributed by atoms with Crippen molar-refractivity contribution in [3.05, 3.63) is 89.5 Å². The number of hydrogen-bond donors (Lipinski definition) is 0. The van der Waals surface area contributed by atoms with Crippen molar-refractivity contribution in [3.63, 3.8) is 0 Å². The molecular formula is C23H22N4O2. The van der Waals surface area contributed by atoms with Gasteiger partial charge in [-0.3, -0.25) is 14.6 Å². The van der Waals surface area contributed by atoms with Gasteiger partial charge < -0.3 is 14.4 Å². The number of pyridine rings is 1. The van der Waals surface area contributed by atoms with Crippen molar-refractivity contribution in [2.24, 2.45) is 0 Å². The molecule has 0 bridgehead atoms. The van der Waals surface area contributed by atoms with E-state index < -0.39 is 0 Å². The number of carbonyl (C=O) groups is 2. The van der Waals surface area contributed by atoms with Crippen molar-refractivity contribution in [1.82, 2.24) is 19.4 Å². The molecule has 5 rings (SSSR count). The molecule has 0 spiro atoms. The molecule has 1 fully saturated rings. The fourth-order valence-electron chi connectivity index (χ4n) is 4.49. The van der Waals surface area contributed by atoms with Crippen LogP contribution in [0.25, 0.3) is 0 Å². The summed E-state index contributed by atoms with van der Waals surface area (Å²) in [7, 11) is 0. The Morgan fingerprint density at radius 3 is 2.72 bits per heavy atom. The molecular weight excluding hydrogens is 364 g/mol. The third-order valence-corrected chi connectivity index (χ3v) is 5.89. The van der Waals surface area contributed by atoms with Gasteiger partial charge in [0.15, 0.2) is 0 Å². The van der Waals surface area contributed by atoms with Crippen LogP contribution in [0.1, 0.15) is 38.1 Å². The zero-order chi connectivity index (χ0) is 20.0. The maximum absolute atomic E-state index is 13.2. The van der Waals surface area contributed by atoms with Crippen LogP contribution in [0.15, 0.2) is 67.0 Å². The Morgan fingerprint density at radius 1 is 1.07 bits per heavy atom. The summed E-state index contributed by atoms with van der Waals surface area (Å²) in [5.74, 6) is 0.00815. The number of amides is 2. The van der Waals surface area contributed by atoms with Gasteiger partial charge in [0.2, 0.25) is 0 Å². The zero-order valence-corrected chi connectivity index (χ0v) is 16.2. The second-order valence-corrected chi connectivity index (χ2v) is 7.77. The molecule has 0 radical (unpaired) electrons. The van der Waals surface area contributed by atoms with Gasteiger partial charge in [0.1, 0.15) is 5.69 Å². The van der Waals surface area contributed by atoms with Gasteiger partial charge in [0, 0.05) is 31.0 Å². The molecule has 4 heterocycles. The summed E-state index contributed by atoms with van der Waals surface area (Å²) in [4.78, 5) is 34.5. The lowest BCUT2D eigenvalue weighted by atomic mass is 10.1.